The van der Waals surface area contributed by atoms with E-state index < -0.39 is 5.97 Å². The summed E-state index contributed by atoms with van der Waals surface area (Å²) in [6.07, 6.45) is 3.98. The van der Waals surface area contributed by atoms with E-state index in [1.807, 2.05) is 13.8 Å². The third-order valence-electron chi connectivity index (χ3n) is 3.60. The molecule has 0 saturated heterocycles. The summed E-state index contributed by atoms with van der Waals surface area (Å²) in [4.78, 5) is 26.1. The SMILES string of the molecule is CCC(C)N(CC(=O)O)C(=O)N(C)C1CCC1. The van der Waals surface area contributed by atoms with Crippen molar-refractivity contribution in [3.8, 4) is 0 Å². The van der Waals surface area contributed by atoms with Crippen LogP contribution in [0.4, 0.5) is 4.79 Å². The maximum absolute atomic E-state index is 12.2. The number of rotatable bonds is 5. The number of carboxylic acids is 1. The largest absolute Gasteiger partial charge is 0.480 e. The molecule has 1 fully saturated rings. The van der Waals surface area contributed by atoms with Gasteiger partial charge >= 0.3 is 12.0 Å². The molecule has 0 spiro atoms. The van der Waals surface area contributed by atoms with Gasteiger partial charge in [-0.25, -0.2) is 4.79 Å². The molecule has 0 aromatic rings. The molecule has 1 aliphatic carbocycles. The Morgan fingerprint density at radius 3 is 2.35 bits per heavy atom. The minimum Gasteiger partial charge on any atom is -0.480 e. The normalized spacial score (nSPS) is 17.1. The maximum atomic E-state index is 12.2. The summed E-state index contributed by atoms with van der Waals surface area (Å²) >= 11 is 0. The van der Waals surface area contributed by atoms with Crippen LogP contribution in [0.1, 0.15) is 39.5 Å². The van der Waals surface area contributed by atoms with Gasteiger partial charge in [0.1, 0.15) is 6.54 Å². The van der Waals surface area contributed by atoms with Crippen molar-refractivity contribution in [2.24, 2.45) is 0 Å². The van der Waals surface area contributed by atoms with Crippen molar-refractivity contribution in [2.45, 2.75) is 51.6 Å². The highest BCUT2D eigenvalue weighted by Crippen LogP contribution is 2.24. The van der Waals surface area contributed by atoms with Gasteiger partial charge in [0.2, 0.25) is 0 Å². The predicted octanol–water partition coefficient (Wildman–Crippen LogP) is 1.78. The minimum atomic E-state index is -0.958. The molecule has 5 heteroatoms. The molecule has 0 bridgehead atoms. The van der Waals surface area contributed by atoms with Crippen LogP contribution in [0.2, 0.25) is 0 Å². The number of urea groups is 1. The van der Waals surface area contributed by atoms with E-state index in [-0.39, 0.29) is 18.6 Å². The summed E-state index contributed by atoms with van der Waals surface area (Å²) in [6.45, 7) is 3.62. The van der Waals surface area contributed by atoms with E-state index >= 15 is 0 Å². The van der Waals surface area contributed by atoms with Crippen LogP contribution < -0.4 is 0 Å². The Kier molecular flexibility index (Phi) is 4.78. The highest BCUT2D eigenvalue weighted by molar-refractivity contribution is 5.80. The molecule has 98 valence electrons. The van der Waals surface area contributed by atoms with Crippen LogP contribution in [0.5, 0.6) is 0 Å². The highest BCUT2D eigenvalue weighted by Gasteiger charge is 2.31. The Morgan fingerprint density at radius 2 is 2.00 bits per heavy atom. The van der Waals surface area contributed by atoms with Gasteiger partial charge < -0.3 is 14.9 Å². The Morgan fingerprint density at radius 1 is 1.41 bits per heavy atom. The van der Waals surface area contributed by atoms with Crippen molar-refractivity contribution in [1.29, 1.82) is 0 Å². The third kappa shape index (κ3) is 3.35. The fraction of sp³-hybridized carbons (Fsp3) is 0.833. The molecule has 1 saturated carbocycles. The van der Waals surface area contributed by atoms with Crippen molar-refractivity contribution in [1.82, 2.24) is 9.80 Å². The van der Waals surface area contributed by atoms with Gasteiger partial charge in [-0.3, -0.25) is 4.79 Å². The first-order chi connectivity index (χ1) is 7.97. The van der Waals surface area contributed by atoms with Crippen LogP contribution in [0.3, 0.4) is 0 Å². The molecule has 0 aliphatic heterocycles. The number of carbonyl (C=O) groups is 2. The molecule has 0 aromatic carbocycles. The second-order valence-electron chi connectivity index (χ2n) is 4.76. The number of carboxylic acid groups (broad SMARTS) is 1. The molecule has 1 N–H and O–H groups in total. The first kappa shape index (κ1) is 13.8. The van der Waals surface area contributed by atoms with Gasteiger partial charge in [-0.15, -0.1) is 0 Å². The molecule has 1 atom stereocenters. The van der Waals surface area contributed by atoms with Gasteiger partial charge in [-0.1, -0.05) is 6.92 Å². The number of carbonyl (C=O) groups excluding carboxylic acids is 1. The van der Waals surface area contributed by atoms with Gasteiger partial charge in [0.25, 0.3) is 0 Å². The molecular weight excluding hydrogens is 220 g/mol. The average Bonchev–Trinajstić information content (AvgIpc) is 2.21. The quantitative estimate of drug-likeness (QED) is 0.799. The topological polar surface area (TPSA) is 60.9 Å². The van der Waals surface area contributed by atoms with Crippen molar-refractivity contribution in [3.05, 3.63) is 0 Å². The monoisotopic (exact) mass is 242 g/mol. The highest BCUT2D eigenvalue weighted by atomic mass is 16.4. The molecule has 1 rings (SSSR count). The number of nitrogens with zero attached hydrogens (tertiary/aromatic N) is 2. The van der Waals surface area contributed by atoms with Crippen LogP contribution in [-0.4, -0.2) is 52.6 Å². The van der Waals surface area contributed by atoms with E-state index in [9.17, 15) is 9.59 Å². The van der Waals surface area contributed by atoms with Gasteiger partial charge in [0.05, 0.1) is 0 Å². The first-order valence-corrected chi connectivity index (χ1v) is 6.22. The van der Waals surface area contributed by atoms with Crippen molar-refractivity contribution in [2.75, 3.05) is 13.6 Å². The lowest BCUT2D eigenvalue weighted by molar-refractivity contribution is -0.138. The van der Waals surface area contributed by atoms with Gasteiger partial charge in [0.15, 0.2) is 0 Å². The van der Waals surface area contributed by atoms with Crippen molar-refractivity contribution >= 4 is 12.0 Å². The summed E-state index contributed by atoms with van der Waals surface area (Å²) in [5.41, 5.74) is 0. The van der Waals surface area contributed by atoms with E-state index in [1.54, 1.807) is 11.9 Å². The standard InChI is InChI=1S/C12H22N2O3/c1-4-9(2)14(8-11(15)16)12(17)13(3)10-6-5-7-10/h9-10H,4-8H2,1-3H3,(H,15,16). The average molecular weight is 242 g/mol. The van der Waals surface area contributed by atoms with Crippen LogP contribution >= 0.6 is 0 Å². The Labute approximate surface area is 102 Å². The number of hydrogen-bond donors (Lipinski definition) is 1. The zero-order chi connectivity index (χ0) is 13.0. The van der Waals surface area contributed by atoms with E-state index in [2.05, 4.69) is 0 Å². The molecular formula is C12H22N2O3. The lowest BCUT2D eigenvalue weighted by Crippen LogP contribution is -2.52. The third-order valence-corrected chi connectivity index (χ3v) is 3.60. The zero-order valence-corrected chi connectivity index (χ0v) is 10.8. The molecule has 0 aromatic heterocycles. The maximum Gasteiger partial charge on any atom is 0.323 e. The molecule has 17 heavy (non-hydrogen) atoms. The number of aliphatic carboxylic acids is 1. The summed E-state index contributed by atoms with van der Waals surface area (Å²) in [5, 5.41) is 8.86. The zero-order valence-electron chi connectivity index (χ0n) is 10.8. The summed E-state index contributed by atoms with van der Waals surface area (Å²) in [5.74, 6) is -0.958. The first-order valence-electron chi connectivity index (χ1n) is 6.22. The van der Waals surface area contributed by atoms with E-state index in [0.29, 0.717) is 6.04 Å². The van der Waals surface area contributed by atoms with Crippen LogP contribution in [0.15, 0.2) is 0 Å². The fourth-order valence-corrected chi connectivity index (χ4v) is 1.91. The fourth-order valence-electron chi connectivity index (χ4n) is 1.91. The number of hydrogen-bond acceptors (Lipinski definition) is 2. The predicted molar refractivity (Wildman–Crippen MR) is 64.9 cm³/mol. The summed E-state index contributed by atoms with van der Waals surface area (Å²) < 4.78 is 0. The summed E-state index contributed by atoms with van der Waals surface area (Å²) in [7, 11) is 1.77. The molecule has 2 amide bonds. The lowest BCUT2D eigenvalue weighted by atomic mass is 9.92. The van der Waals surface area contributed by atoms with Crippen molar-refractivity contribution < 1.29 is 14.7 Å². The molecule has 5 nitrogen and oxygen atoms in total. The summed E-state index contributed by atoms with van der Waals surface area (Å²) in [6, 6.07) is 0.0930. The van der Waals surface area contributed by atoms with Gasteiger partial charge in [-0.05, 0) is 32.6 Å². The van der Waals surface area contributed by atoms with E-state index in [0.717, 1.165) is 25.7 Å². The van der Waals surface area contributed by atoms with Gasteiger partial charge in [0, 0.05) is 19.1 Å². The van der Waals surface area contributed by atoms with Crippen LogP contribution in [0.25, 0.3) is 0 Å². The minimum absolute atomic E-state index is 0.0406. The van der Waals surface area contributed by atoms with Crippen LogP contribution in [-0.2, 0) is 4.79 Å². The molecule has 1 aliphatic rings. The van der Waals surface area contributed by atoms with Crippen molar-refractivity contribution in [3.63, 3.8) is 0 Å². The second-order valence-corrected chi connectivity index (χ2v) is 4.76. The smallest absolute Gasteiger partial charge is 0.323 e. The molecule has 0 radical (unpaired) electrons. The lowest BCUT2D eigenvalue weighted by Gasteiger charge is -2.39. The van der Waals surface area contributed by atoms with E-state index in [4.69, 9.17) is 5.11 Å². The number of amides is 2. The van der Waals surface area contributed by atoms with E-state index in [1.165, 1.54) is 4.90 Å². The Hall–Kier alpha value is -1.26. The second kappa shape index (κ2) is 5.89. The Bertz CT molecular complexity index is 289. The molecule has 1 unspecified atom stereocenters. The molecule has 0 heterocycles. The van der Waals surface area contributed by atoms with Crippen LogP contribution in [0, 0.1) is 0 Å². The van der Waals surface area contributed by atoms with Gasteiger partial charge in [-0.2, -0.15) is 0 Å². The Balaban J connectivity index is 2.66.